The van der Waals surface area contributed by atoms with Gasteiger partial charge in [0.1, 0.15) is 5.76 Å². The Balaban J connectivity index is 2.73. The average Bonchev–Trinajstić information content (AvgIpc) is 2.52. The molecule has 1 heterocycles. The van der Waals surface area contributed by atoms with Crippen LogP contribution in [0.15, 0.2) is 16.5 Å². The Labute approximate surface area is 82.5 Å². The first-order chi connectivity index (χ1) is 6.15. The van der Waals surface area contributed by atoms with E-state index in [1.54, 1.807) is 19.1 Å². The molecule has 0 aliphatic rings. The minimum atomic E-state index is -0.428. The number of furan rings is 1. The Hall–Kier alpha value is -0.900. The Morgan fingerprint density at radius 2 is 2.38 bits per heavy atom. The summed E-state index contributed by atoms with van der Waals surface area (Å²) in [7, 11) is 0. The molecule has 1 atom stereocenters. The molecule has 0 N–H and O–H groups in total. The summed E-state index contributed by atoms with van der Waals surface area (Å²) < 4.78 is 9.97. The van der Waals surface area contributed by atoms with Gasteiger partial charge in [0.25, 0.3) is 0 Å². The lowest BCUT2D eigenvalue weighted by Crippen LogP contribution is -2.02. The van der Waals surface area contributed by atoms with E-state index in [1.165, 1.54) is 0 Å². The van der Waals surface area contributed by atoms with Crippen LogP contribution in [0.2, 0.25) is 0 Å². The number of hydrogen-bond acceptors (Lipinski definition) is 4. The topological polar surface area (TPSA) is 39.4 Å². The highest BCUT2D eigenvalue weighted by atomic mass is 32.1. The van der Waals surface area contributed by atoms with Gasteiger partial charge in [-0.15, -0.1) is 0 Å². The van der Waals surface area contributed by atoms with E-state index in [4.69, 9.17) is 9.15 Å². The largest absolute Gasteiger partial charge is 0.460 e. The van der Waals surface area contributed by atoms with Gasteiger partial charge in [-0.25, -0.2) is 4.79 Å². The third-order valence-corrected chi connectivity index (χ3v) is 1.77. The molecule has 0 bridgehead atoms. The third kappa shape index (κ3) is 2.52. The van der Waals surface area contributed by atoms with Crippen LogP contribution in [-0.2, 0) is 4.74 Å². The molecule has 0 saturated heterocycles. The smallest absolute Gasteiger partial charge is 0.374 e. The number of ether oxygens (including phenoxy) is 1. The monoisotopic (exact) mass is 200 g/mol. The van der Waals surface area contributed by atoms with Crippen molar-refractivity contribution in [3.8, 4) is 0 Å². The molecule has 13 heavy (non-hydrogen) atoms. The molecule has 72 valence electrons. The summed E-state index contributed by atoms with van der Waals surface area (Å²) in [6.45, 7) is 3.98. The van der Waals surface area contributed by atoms with E-state index in [1.807, 2.05) is 6.92 Å². The third-order valence-electron chi connectivity index (χ3n) is 1.52. The average molecular weight is 200 g/mol. The summed E-state index contributed by atoms with van der Waals surface area (Å²) in [5.41, 5.74) is 0. The first-order valence-electron chi connectivity index (χ1n) is 4.10. The standard InChI is InChI=1S/C9H12O3S/c1-3-11-9(10)8-5-4-7(12-8)6(2)13/h4-6,13H,3H2,1-2H3. The van der Waals surface area contributed by atoms with Crippen molar-refractivity contribution in [2.45, 2.75) is 19.1 Å². The van der Waals surface area contributed by atoms with Crippen molar-refractivity contribution in [1.82, 2.24) is 0 Å². The second-order valence-corrected chi connectivity index (χ2v) is 3.37. The molecule has 0 fully saturated rings. The van der Waals surface area contributed by atoms with Gasteiger partial charge in [0.15, 0.2) is 0 Å². The molecule has 1 rings (SSSR count). The van der Waals surface area contributed by atoms with Gasteiger partial charge in [0.2, 0.25) is 5.76 Å². The van der Waals surface area contributed by atoms with Crippen LogP contribution in [0.4, 0.5) is 0 Å². The Bertz CT molecular complexity index is 291. The number of thiol groups is 1. The van der Waals surface area contributed by atoms with Gasteiger partial charge in [-0.05, 0) is 26.0 Å². The Morgan fingerprint density at radius 1 is 1.69 bits per heavy atom. The minimum Gasteiger partial charge on any atom is -0.460 e. The molecule has 1 aromatic rings. The number of rotatable bonds is 3. The highest BCUT2D eigenvalue weighted by Gasteiger charge is 2.13. The molecule has 0 spiro atoms. The molecule has 0 saturated carbocycles. The first kappa shape index (κ1) is 10.2. The van der Waals surface area contributed by atoms with E-state index in [2.05, 4.69) is 12.6 Å². The summed E-state index contributed by atoms with van der Waals surface area (Å²) in [6, 6.07) is 3.32. The summed E-state index contributed by atoms with van der Waals surface area (Å²) >= 11 is 4.18. The fourth-order valence-corrected chi connectivity index (χ4v) is 1.03. The molecule has 1 unspecified atom stereocenters. The zero-order chi connectivity index (χ0) is 9.84. The van der Waals surface area contributed by atoms with Gasteiger partial charge >= 0.3 is 5.97 Å². The molecule has 0 aromatic carbocycles. The van der Waals surface area contributed by atoms with E-state index in [0.717, 1.165) is 0 Å². The van der Waals surface area contributed by atoms with Crippen LogP contribution in [0.3, 0.4) is 0 Å². The Morgan fingerprint density at radius 3 is 2.85 bits per heavy atom. The zero-order valence-electron chi connectivity index (χ0n) is 7.61. The normalized spacial score (nSPS) is 12.5. The minimum absolute atomic E-state index is 0.0109. The predicted octanol–water partition coefficient (Wildman–Crippen LogP) is 2.45. The van der Waals surface area contributed by atoms with Crippen LogP contribution < -0.4 is 0 Å². The second kappa shape index (κ2) is 4.37. The van der Waals surface area contributed by atoms with Crippen LogP contribution in [0.1, 0.15) is 35.4 Å². The maximum atomic E-state index is 11.1. The molecule has 3 nitrogen and oxygen atoms in total. The highest BCUT2D eigenvalue weighted by molar-refractivity contribution is 7.80. The molecular weight excluding hydrogens is 188 g/mol. The number of carbonyl (C=O) groups is 1. The van der Waals surface area contributed by atoms with E-state index < -0.39 is 5.97 Å². The quantitative estimate of drug-likeness (QED) is 0.601. The van der Waals surface area contributed by atoms with Crippen LogP contribution in [-0.4, -0.2) is 12.6 Å². The second-order valence-electron chi connectivity index (χ2n) is 2.60. The summed E-state index contributed by atoms with van der Waals surface area (Å²) in [6.07, 6.45) is 0. The molecule has 0 amide bonds. The van der Waals surface area contributed by atoms with E-state index in [0.29, 0.717) is 12.4 Å². The van der Waals surface area contributed by atoms with Crippen LogP contribution in [0, 0.1) is 0 Å². The predicted molar refractivity (Wildman–Crippen MR) is 52.1 cm³/mol. The fraction of sp³-hybridized carbons (Fsp3) is 0.444. The van der Waals surface area contributed by atoms with Crippen LogP contribution in [0.5, 0.6) is 0 Å². The lowest BCUT2D eigenvalue weighted by molar-refractivity contribution is 0.0488. The summed E-state index contributed by atoms with van der Waals surface area (Å²) in [5, 5.41) is -0.0109. The van der Waals surface area contributed by atoms with Crippen molar-refractivity contribution in [3.05, 3.63) is 23.7 Å². The number of esters is 1. The van der Waals surface area contributed by atoms with Crippen molar-refractivity contribution in [3.63, 3.8) is 0 Å². The van der Waals surface area contributed by atoms with Crippen molar-refractivity contribution in [1.29, 1.82) is 0 Å². The lowest BCUT2D eigenvalue weighted by Gasteiger charge is -1.99. The maximum absolute atomic E-state index is 11.1. The zero-order valence-corrected chi connectivity index (χ0v) is 8.51. The van der Waals surface area contributed by atoms with E-state index >= 15 is 0 Å². The highest BCUT2D eigenvalue weighted by Crippen LogP contribution is 2.21. The van der Waals surface area contributed by atoms with E-state index in [-0.39, 0.29) is 11.0 Å². The van der Waals surface area contributed by atoms with Crippen LogP contribution >= 0.6 is 12.6 Å². The summed E-state index contributed by atoms with van der Waals surface area (Å²) in [5.74, 6) is 0.479. The SMILES string of the molecule is CCOC(=O)c1ccc(C(C)S)o1. The molecular formula is C9H12O3S. The van der Waals surface area contributed by atoms with Crippen molar-refractivity contribution in [2.24, 2.45) is 0 Å². The van der Waals surface area contributed by atoms with Gasteiger partial charge in [0, 0.05) is 0 Å². The van der Waals surface area contributed by atoms with Crippen LogP contribution in [0.25, 0.3) is 0 Å². The Kier molecular flexibility index (Phi) is 3.42. The fourth-order valence-electron chi connectivity index (χ4n) is 0.889. The summed E-state index contributed by atoms with van der Waals surface area (Å²) in [4.78, 5) is 11.1. The molecule has 0 aliphatic carbocycles. The van der Waals surface area contributed by atoms with E-state index in [9.17, 15) is 4.79 Å². The van der Waals surface area contributed by atoms with Crippen molar-refractivity contribution in [2.75, 3.05) is 6.61 Å². The molecule has 4 heteroatoms. The molecule has 0 radical (unpaired) electrons. The molecule has 1 aromatic heterocycles. The van der Waals surface area contributed by atoms with Gasteiger partial charge in [-0.1, -0.05) is 0 Å². The van der Waals surface area contributed by atoms with Gasteiger partial charge in [0.05, 0.1) is 11.9 Å². The van der Waals surface area contributed by atoms with Gasteiger partial charge in [-0.3, -0.25) is 0 Å². The maximum Gasteiger partial charge on any atom is 0.374 e. The van der Waals surface area contributed by atoms with Gasteiger partial charge < -0.3 is 9.15 Å². The van der Waals surface area contributed by atoms with Crippen molar-refractivity contribution >= 4 is 18.6 Å². The molecule has 0 aliphatic heterocycles. The van der Waals surface area contributed by atoms with Crippen molar-refractivity contribution < 1.29 is 13.9 Å². The number of hydrogen-bond donors (Lipinski definition) is 1. The lowest BCUT2D eigenvalue weighted by atomic mass is 10.3. The van der Waals surface area contributed by atoms with Gasteiger partial charge in [-0.2, -0.15) is 12.6 Å². The first-order valence-corrected chi connectivity index (χ1v) is 4.61. The number of carbonyl (C=O) groups excluding carboxylic acids is 1.